The fraction of sp³-hybridized carbons (Fsp3) is 0.478. The van der Waals surface area contributed by atoms with Crippen molar-refractivity contribution in [3.63, 3.8) is 0 Å². The van der Waals surface area contributed by atoms with Crippen LogP contribution in [0.4, 0.5) is 0 Å². The van der Waals surface area contributed by atoms with Gasteiger partial charge in [0.2, 0.25) is 10.0 Å². The van der Waals surface area contributed by atoms with Crippen molar-refractivity contribution in [3.05, 3.63) is 44.8 Å². The van der Waals surface area contributed by atoms with Gasteiger partial charge in [-0.2, -0.15) is 0 Å². The molecule has 0 radical (unpaired) electrons. The van der Waals surface area contributed by atoms with Crippen LogP contribution < -0.4 is 14.2 Å². The molecule has 0 atom stereocenters. The van der Waals surface area contributed by atoms with E-state index in [9.17, 15) is 8.42 Å². The van der Waals surface area contributed by atoms with Gasteiger partial charge in [-0.15, -0.1) is 0 Å². The summed E-state index contributed by atoms with van der Waals surface area (Å²) in [6, 6.07) is 7.62. The van der Waals surface area contributed by atoms with Gasteiger partial charge in [0.1, 0.15) is 16.4 Å². The first-order chi connectivity index (χ1) is 15.6. The molecule has 3 rings (SSSR count). The van der Waals surface area contributed by atoms with E-state index in [1.807, 2.05) is 0 Å². The number of hydrogen-bond donors (Lipinski definition) is 1. The number of ether oxygens (including phenoxy) is 2. The van der Waals surface area contributed by atoms with Crippen molar-refractivity contribution < 1.29 is 22.3 Å². The van der Waals surface area contributed by atoms with E-state index in [2.05, 4.69) is 54.5 Å². The normalized spacial score (nSPS) is 19.0. The second kappa shape index (κ2) is 10.3. The Hall–Kier alpha value is -0.813. The molecule has 11 heteroatoms. The highest BCUT2D eigenvalue weighted by Crippen LogP contribution is 2.42. The van der Waals surface area contributed by atoms with Crippen molar-refractivity contribution in [2.75, 3.05) is 7.11 Å². The molecule has 0 saturated heterocycles. The van der Waals surface area contributed by atoms with Crippen LogP contribution in [-0.2, 0) is 14.4 Å². The predicted molar refractivity (Wildman–Crippen MR) is 143 cm³/mol. The van der Waals surface area contributed by atoms with E-state index in [1.165, 1.54) is 19.2 Å². The highest BCUT2D eigenvalue weighted by atomic mass is 79.9. The number of sulfonamides is 1. The zero-order valence-electron chi connectivity index (χ0n) is 20.0. The van der Waals surface area contributed by atoms with Crippen molar-refractivity contribution >= 4 is 57.5 Å². The monoisotopic (exact) mass is 609 g/mol. The van der Waals surface area contributed by atoms with E-state index in [0.717, 1.165) is 0 Å². The van der Waals surface area contributed by atoms with E-state index in [0.29, 0.717) is 27.4 Å². The summed E-state index contributed by atoms with van der Waals surface area (Å²) in [5.74, 6) is 0.707. The van der Waals surface area contributed by atoms with Crippen LogP contribution in [0.15, 0.2) is 39.7 Å². The van der Waals surface area contributed by atoms with Gasteiger partial charge < -0.3 is 13.9 Å². The summed E-state index contributed by atoms with van der Waals surface area (Å²) in [6.07, 6.45) is 1.33. The van der Waals surface area contributed by atoms with Gasteiger partial charge in [-0.1, -0.05) is 59.9 Å². The first kappa shape index (κ1) is 27.8. The summed E-state index contributed by atoms with van der Waals surface area (Å²) in [4.78, 5) is -0.0226. The third-order valence-corrected chi connectivity index (χ3v) is 13.4. The Morgan fingerprint density at radius 3 is 2.21 bits per heavy atom. The van der Waals surface area contributed by atoms with Crippen LogP contribution in [-0.4, -0.2) is 36.0 Å². The SMILES string of the molecule is COc1ccc(Oc2c(Cl)cc(Br)cc2Cl)cc1S(=O)(=O)N[C@H]1C[C@H](O[Si](C)(C)C(C)(C)C)C1. The summed E-state index contributed by atoms with van der Waals surface area (Å²) in [5, 5.41) is 0.686. The maximum absolute atomic E-state index is 13.2. The Morgan fingerprint density at radius 1 is 1.09 bits per heavy atom. The van der Waals surface area contributed by atoms with E-state index < -0.39 is 18.3 Å². The van der Waals surface area contributed by atoms with Crippen molar-refractivity contribution in [1.82, 2.24) is 4.72 Å². The Kier molecular flexibility index (Phi) is 8.40. The molecule has 34 heavy (non-hydrogen) atoms. The first-order valence-electron chi connectivity index (χ1n) is 10.8. The molecule has 0 unspecified atom stereocenters. The summed E-state index contributed by atoms with van der Waals surface area (Å²) < 4.78 is 47.4. The average Bonchev–Trinajstić information content (AvgIpc) is 2.67. The standard InChI is InChI=1S/C23H30BrCl2NO5SSi/c1-23(2,3)34(5,6)32-17-11-15(12-17)27-33(28,29)21-13-16(7-8-20(21)30-4)31-22-18(25)9-14(24)10-19(22)26/h7-10,13,15,17,27H,11-12H2,1-6H3/t15-,17-. The van der Waals surface area contributed by atoms with Crippen LogP contribution in [0.2, 0.25) is 28.2 Å². The van der Waals surface area contributed by atoms with Crippen LogP contribution >= 0.6 is 39.1 Å². The Balaban J connectivity index is 1.75. The van der Waals surface area contributed by atoms with Gasteiger partial charge in [-0.25, -0.2) is 13.1 Å². The lowest BCUT2D eigenvalue weighted by atomic mass is 9.91. The van der Waals surface area contributed by atoms with Crippen LogP contribution in [0.1, 0.15) is 33.6 Å². The van der Waals surface area contributed by atoms with Crippen molar-refractivity contribution in [2.24, 2.45) is 0 Å². The molecule has 1 aliphatic rings. The summed E-state index contributed by atoms with van der Waals surface area (Å²) in [5.41, 5.74) is 0. The Morgan fingerprint density at radius 2 is 1.68 bits per heavy atom. The molecule has 0 spiro atoms. The van der Waals surface area contributed by atoms with E-state index in [4.69, 9.17) is 37.1 Å². The summed E-state index contributed by atoms with van der Waals surface area (Å²) in [7, 11) is -4.35. The first-order valence-corrected chi connectivity index (χ1v) is 16.8. The zero-order valence-corrected chi connectivity index (χ0v) is 25.0. The molecule has 0 aromatic heterocycles. The smallest absolute Gasteiger partial charge is 0.244 e. The third-order valence-electron chi connectivity index (χ3n) is 6.29. The number of hydrogen-bond acceptors (Lipinski definition) is 5. The van der Waals surface area contributed by atoms with Gasteiger partial charge in [0.15, 0.2) is 14.1 Å². The molecule has 0 bridgehead atoms. The second-order valence-corrected chi connectivity index (χ2v) is 18.1. The maximum atomic E-state index is 13.2. The molecule has 1 fully saturated rings. The molecule has 1 aliphatic carbocycles. The van der Waals surface area contributed by atoms with Gasteiger partial charge in [0.25, 0.3) is 0 Å². The van der Waals surface area contributed by atoms with Crippen LogP contribution in [0.5, 0.6) is 17.2 Å². The van der Waals surface area contributed by atoms with Gasteiger partial charge in [-0.3, -0.25) is 0 Å². The van der Waals surface area contributed by atoms with Crippen LogP contribution in [0, 0.1) is 0 Å². The van der Waals surface area contributed by atoms with Crippen LogP contribution in [0.25, 0.3) is 0 Å². The lowest BCUT2D eigenvalue weighted by Gasteiger charge is -2.44. The second-order valence-electron chi connectivity index (χ2n) is 9.90. The van der Waals surface area contributed by atoms with Gasteiger partial charge in [0, 0.05) is 22.7 Å². The van der Waals surface area contributed by atoms with Crippen LogP contribution in [0.3, 0.4) is 0 Å². The molecule has 2 aromatic rings. The lowest BCUT2D eigenvalue weighted by Crippen LogP contribution is -2.53. The number of benzene rings is 2. The molecule has 1 saturated carbocycles. The quantitative estimate of drug-likeness (QED) is 0.315. The molecular formula is C23H30BrCl2NO5SSi. The van der Waals surface area contributed by atoms with Gasteiger partial charge >= 0.3 is 0 Å². The number of rotatable bonds is 8. The van der Waals surface area contributed by atoms with E-state index in [-0.39, 0.29) is 39.3 Å². The Labute approximate surface area is 221 Å². The number of nitrogens with one attached hydrogen (secondary N) is 1. The fourth-order valence-corrected chi connectivity index (χ4v) is 7.42. The zero-order chi connectivity index (χ0) is 25.5. The minimum atomic E-state index is -3.87. The molecule has 6 nitrogen and oxygen atoms in total. The molecular weight excluding hydrogens is 581 g/mol. The average molecular weight is 611 g/mol. The predicted octanol–water partition coefficient (Wildman–Crippen LogP) is 7.39. The Bertz CT molecular complexity index is 1140. The van der Waals surface area contributed by atoms with E-state index in [1.54, 1.807) is 18.2 Å². The maximum Gasteiger partial charge on any atom is 0.244 e. The fourth-order valence-electron chi connectivity index (χ4n) is 3.31. The number of methoxy groups -OCH3 is 1. The highest BCUT2D eigenvalue weighted by molar-refractivity contribution is 9.10. The van der Waals surface area contributed by atoms with Gasteiger partial charge in [-0.05, 0) is 55.2 Å². The minimum absolute atomic E-state index is 0.0226. The molecule has 1 N–H and O–H groups in total. The molecule has 0 aliphatic heterocycles. The summed E-state index contributed by atoms with van der Waals surface area (Å²) in [6.45, 7) is 11.0. The van der Waals surface area contributed by atoms with Gasteiger partial charge in [0.05, 0.1) is 17.2 Å². The molecule has 2 aromatic carbocycles. The third kappa shape index (κ3) is 6.30. The molecule has 0 heterocycles. The largest absolute Gasteiger partial charge is 0.495 e. The summed E-state index contributed by atoms with van der Waals surface area (Å²) >= 11 is 15.8. The van der Waals surface area contributed by atoms with Crippen molar-refractivity contribution in [2.45, 2.75) is 68.8 Å². The minimum Gasteiger partial charge on any atom is -0.495 e. The van der Waals surface area contributed by atoms with E-state index >= 15 is 0 Å². The lowest BCUT2D eigenvalue weighted by molar-refractivity contribution is 0.0805. The topological polar surface area (TPSA) is 73.9 Å². The van der Waals surface area contributed by atoms with Crippen molar-refractivity contribution in [3.8, 4) is 17.2 Å². The van der Waals surface area contributed by atoms with Crippen molar-refractivity contribution in [1.29, 1.82) is 0 Å². The highest BCUT2D eigenvalue weighted by Gasteiger charge is 2.43. The molecule has 188 valence electrons. The molecule has 0 amide bonds. The number of halogens is 3.